The van der Waals surface area contributed by atoms with Gasteiger partial charge in [-0.15, -0.1) is 0 Å². The average Bonchev–Trinajstić information content (AvgIpc) is 3.48. The number of amides is 1. The lowest BCUT2D eigenvalue weighted by Crippen LogP contribution is -2.37. The number of aromatic nitrogens is 1. The van der Waals surface area contributed by atoms with E-state index < -0.39 is 0 Å². The molecular formula is C26H30N2O4. The number of carbonyl (C=O) groups excluding carboxylic acids is 1. The fraction of sp³-hybridized carbons (Fsp3) is 0.423. The number of rotatable bonds is 3. The van der Waals surface area contributed by atoms with Crippen LogP contribution in [0.1, 0.15) is 29.7 Å². The van der Waals surface area contributed by atoms with Crippen LogP contribution in [0.15, 0.2) is 54.6 Å². The summed E-state index contributed by atoms with van der Waals surface area (Å²) in [5, 5.41) is 1.24. The number of ether oxygens (including phenoxy) is 3. The highest BCUT2D eigenvalue weighted by molar-refractivity contribution is 5.84. The topological polar surface area (TPSA) is 63.8 Å². The summed E-state index contributed by atoms with van der Waals surface area (Å²) in [5.74, 6) is 0.235. The Labute approximate surface area is 188 Å². The number of para-hydroxylation sites is 1. The van der Waals surface area contributed by atoms with Gasteiger partial charge in [0.2, 0.25) is 0 Å². The summed E-state index contributed by atoms with van der Waals surface area (Å²) in [7, 11) is 0. The molecule has 2 aromatic carbocycles. The molecule has 0 radical (unpaired) electrons. The molecule has 168 valence electrons. The van der Waals surface area contributed by atoms with Crippen molar-refractivity contribution in [3.05, 3.63) is 71.4 Å². The predicted molar refractivity (Wildman–Crippen MR) is 122 cm³/mol. The predicted octanol–water partition coefficient (Wildman–Crippen LogP) is 4.67. The van der Waals surface area contributed by atoms with Crippen LogP contribution in [0, 0.1) is 5.92 Å². The summed E-state index contributed by atoms with van der Waals surface area (Å²) < 4.78 is 17.4. The van der Waals surface area contributed by atoms with Crippen LogP contribution in [0.2, 0.25) is 0 Å². The van der Waals surface area contributed by atoms with Crippen molar-refractivity contribution in [2.45, 2.75) is 38.6 Å². The second-order valence-corrected chi connectivity index (χ2v) is 8.60. The summed E-state index contributed by atoms with van der Waals surface area (Å²) >= 11 is 0. The minimum absolute atomic E-state index is 0.190. The van der Waals surface area contributed by atoms with Crippen LogP contribution < -0.4 is 0 Å². The lowest BCUT2D eigenvalue weighted by Gasteiger charge is -2.28. The first-order valence-corrected chi connectivity index (χ1v) is 11.6. The van der Waals surface area contributed by atoms with Crippen molar-refractivity contribution in [2.75, 3.05) is 26.3 Å². The number of benzene rings is 2. The van der Waals surface area contributed by atoms with Crippen LogP contribution in [-0.2, 0) is 33.7 Å². The van der Waals surface area contributed by atoms with Crippen LogP contribution in [0.4, 0.5) is 4.79 Å². The molecule has 0 spiro atoms. The third-order valence-corrected chi connectivity index (χ3v) is 6.56. The Bertz CT molecular complexity index is 1040. The highest BCUT2D eigenvalue weighted by atomic mass is 16.7. The lowest BCUT2D eigenvalue weighted by molar-refractivity contribution is -0.0889. The Kier molecular flexibility index (Phi) is 6.41. The van der Waals surface area contributed by atoms with Crippen molar-refractivity contribution in [3.63, 3.8) is 0 Å². The molecule has 1 saturated heterocycles. The Morgan fingerprint density at radius 2 is 1.75 bits per heavy atom. The molecule has 0 bridgehead atoms. The number of fused-ring (bicyclic) bond motifs is 3. The van der Waals surface area contributed by atoms with Crippen molar-refractivity contribution in [1.29, 1.82) is 0 Å². The van der Waals surface area contributed by atoms with Crippen LogP contribution in [0.5, 0.6) is 0 Å². The number of nitrogens with zero attached hydrogens (tertiary/aromatic N) is 1. The van der Waals surface area contributed by atoms with E-state index in [1.165, 1.54) is 16.6 Å². The van der Waals surface area contributed by atoms with Crippen LogP contribution >= 0.6 is 0 Å². The average molecular weight is 435 g/mol. The van der Waals surface area contributed by atoms with Gasteiger partial charge in [0.05, 0.1) is 13.2 Å². The zero-order chi connectivity index (χ0) is 21.8. The van der Waals surface area contributed by atoms with E-state index in [1.54, 1.807) is 0 Å². The van der Waals surface area contributed by atoms with Crippen molar-refractivity contribution in [2.24, 2.45) is 5.92 Å². The number of nitrogens with one attached hydrogen (secondary N) is 1. The molecule has 1 aromatic heterocycles. The Morgan fingerprint density at radius 1 is 0.969 bits per heavy atom. The Hall–Kier alpha value is -2.83. The van der Waals surface area contributed by atoms with E-state index >= 15 is 0 Å². The summed E-state index contributed by atoms with van der Waals surface area (Å²) in [6, 6.07) is 18.2. The zero-order valence-electron chi connectivity index (χ0n) is 18.3. The molecule has 3 heterocycles. The normalized spacial score (nSPS) is 20.2. The third-order valence-electron chi connectivity index (χ3n) is 6.56. The van der Waals surface area contributed by atoms with Gasteiger partial charge in [-0.1, -0.05) is 48.5 Å². The number of hydrogen-bond acceptors (Lipinski definition) is 4. The van der Waals surface area contributed by atoms with E-state index in [-0.39, 0.29) is 24.9 Å². The SMILES string of the molecule is O=C(OCc1ccccc1)N1CCc2c([nH]c3ccccc23)CCC(C2OCCO2)CC1. The van der Waals surface area contributed by atoms with E-state index in [1.807, 2.05) is 35.2 Å². The van der Waals surface area contributed by atoms with Gasteiger partial charge in [-0.2, -0.15) is 0 Å². The summed E-state index contributed by atoms with van der Waals surface area (Å²) in [5.41, 5.74) is 4.70. The molecule has 1 fully saturated rings. The molecule has 1 unspecified atom stereocenters. The fourth-order valence-corrected chi connectivity index (χ4v) is 4.82. The highest BCUT2D eigenvalue weighted by Crippen LogP contribution is 2.29. The number of carbonyl (C=O) groups is 1. The standard InChI is InChI=1S/C26H30N2O4/c29-26(32-18-19-6-2-1-3-7-19)28-14-12-20(25-30-16-17-31-25)10-11-24-22(13-15-28)21-8-4-5-9-23(21)27-24/h1-9,20,25,27H,10-18H2. The van der Waals surface area contributed by atoms with Gasteiger partial charge in [-0.05, 0) is 42.9 Å². The quantitative estimate of drug-likeness (QED) is 0.650. The van der Waals surface area contributed by atoms with E-state index in [0.29, 0.717) is 26.3 Å². The summed E-state index contributed by atoms with van der Waals surface area (Å²) in [4.78, 5) is 18.5. The molecule has 1 amide bonds. The highest BCUT2D eigenvalue weighted by Gasteiger charge is 2.30. The minimum Gasteiger partial charge on any atom is -0.445 e. The molecule has 3 aromatic rings. The second kappa shape index (κ2) is 9.76. The number of aromatic amines is 1. The van der Waals surface area contributed by atoms with Crippen molar-refractivity contribution in [1.82, 2.24) is 9.88 Å². The van der Waals surface area contributed by atoms with Gasteiger partial charge < -0.3 is 24.1 Å². The van der Waals surface area contributed by atoms with Crippen molar-refractivity contribution in [3.8, 4) is 0 Å². The van der Waals surface area contributed by atoms with Crippen molar-refractivity contribution >= 4 is 17.0 Å². The molecule has 5 rings (SSSR count). The molecule has 32 heavy (non-hydrogen) atoms. The van der Waals surface area contributed by atoms with Gasteiger partial charge in [0.1, 0.15) is 6.61 Å². The first kappa shape index (κ1) is 21.0. The maximum atomic E-state index is 13.0. The second-order valence-electron chi connectivity index (χ2n) is 8.60. The third kappa shape index (κ3) is 4.66. The Balaban J connectivity index is 1.36. The van der Waals surface area contributed by atoms with Gasteiger partial charge in [0, 0.05) is 35.6 Å². The van der Waals surface area contributed by atoms with Gasteiger partial charge >= 0.3 is 6.09 Å². The summed E-state index contributed by atoms with van der Waals surface area (Å²) in [6.45, 7) is 2.83. The number of aryl methyl sites for hydroxylation is 1. The van der Waals surface area contributed by atoms with Crippen LogP contribution in [-0.4, -0.2) is 48.6 Å². The molecule has 0 aliphatic carbocycles. The number of H-pyrrole nitrogens is 1. The number of hydrogen-bond donors (Lipinski definition) is 1. The van der Waals surface area contributed by atoms with Gasteiger partial charge in [0.15, 0.2) is 6.29 Å². The van der Waals surface area contributed by atoms with Crippen LogP contribution in [0.3, 0.4) is 0 Å². The molecular weight excluding hydrogens is 404 g/mol. The molecule has 1 atom stereocenters. The zero-order valence-corrected chi connectivity index (χ0v) is 18.3. The molecule has 2 aliphatic heterocycles. The van der Waals surface area contributed by atoms with Gasteiger partial charge in [0.25, 0.3) is 0 Å². The molecule has 1 N–H and O–H groups in total. The minimum atomic E-state index is -0.261. The maximum Gasteiger partial charge on any atom is 0.410 e. The van der Waals surface area contributed by atoms with E-state index in [9.17, 15) is 4.79 Å². The van der Waals surface area contributed by atoms with Crippen molar-refractivity contribution < 1.29 is 19.0 Å². The molecule has 2 aliphatic rings. The van der Waals surface area contributed by atoms with E-state index in [2.05, 4.69) is 29.2 Å². The van der Waals surface area contributed by atoms with Gasteiger partial charge in [-0.25, -0.2) is 4.79 Å². The first-order valence-electron chi connectivity index (χ1n) is 11.6. The van der Waals surface area contributed by atoms with Crippen LogP contribution in [0.25, 0.3) is 10.9 Å². The lowest BCUT2D eigenvalue weighted by atomic mass is 9.94. The largest absolute Gasteiger partial charge is 0.445 e. The molecule has 0 saturated carbocycles. The molecule has 6 nitrogen and oxygen atoms in total. The smallest absolute Gasteiger partial charge is 0.410 e. The summed E-state index contributed by atoms with van der Waals surface area (Å²) in [6.07, 6.45) is 3.10. The fourth-order valence-electron chi connectivity index (χ4n) is 4.82. The van der Waals surface area contributed by atoms with Gasteiger partial charge in [-0.3, -0.25) is 0 Å². The Morgan fingerprint density at radius 3 is 2.59 bits per heavy atom. The first-order chi connectivity index (χ1) is 15.8. The maximum absolute atomic E-state index is 13.0. The van der Waals surface area contributed by atoms with E-state index in [4.69, 9.17) is 14.2 Å². The van der Waals surface area contributed by atoms with E-state index in [0.717, 1.165) is 36.8 Å². The molecule has 6 heteroatoms. The monoisotopic (exact) mass is 434 g/mol.